The fourth-order valence-electron chi connectivity index (χ4n) is 3.40. The van der Waals surface area contributed by atoms with E-state index in [4.69, 9.17) is 14.9 Å². The van der Waals surface area contributed by atoms with Gasteiger partial charge in [-0.3, -0.25) is 4.79 Å². The van der Waals surface area contributed by atoms with Crippen molar-refractivity contribution in [2.24, 2.45) is 5.92 Å². The van der Waals surface area contributed by atoms with Crippen LogP contribution in [0.1, 0.15) is 123 Å². The van der Waals surface area contributed by atoms with Crippen LogP contribution in [0.2, 0.25) is 0 Å². The Kier molecular flexibility index (Phi) is 20.6. The molecule has 0 aliphatic carbocycles. The van der Waals surface area contributed by atoms with Crippen molar-refractivity contribution < 1.29 is 19.7 Å². The first-order chi connectivity index (χ1) is 13.6. The maximum Gasteiger partial charge on any atom is 0.305 e. The normalized spacial score (nSPS) is 13.4. The molecule has 0 fully saturated rings. The van der Waals surface area contributed by atoms with Gasteiger partial charge < -0.3 is 14.9 Å². The van der Waals surface area contributed by atoms with Crippen molar-refractivity contribution in [3.8, 4) is 0 Å². The lowest BCUT2D eigenvalue weighted by Gasteiger charge is -2.08. The van der Waals surface area contributed by atoms with E-state index in [-0.39, 0.29) is 19.2 Å². The van der Waals surface area contributed by atoms with Gasteiger partial charge in [-0.2, -0.15) is 0 Å². The lowest BCUT2D eigenvalue weighted by atomic mass is 9.99. The van der Waals surface area contributed by atoms with Crippen LogP contribution in [0.4, 0.5) is 0 Å². The fraction of sp³-hybridized carbons (Fsp3) is 0.958. The topological polar surface area (TPSA) is 66.8 Å². The van der Waals surface area contributed by atoms with Gasteiger partial charge in [0.2, 0.25) is 0 Å². The van der Waals surface area contributed by atoms with E-state index in [2.05, 4.69) is 13.8 Å². The Hall–Kier alpha value is -0.610. The molecule has 0 aromatic heterocycles. The first-order valence-corrected chi connectivity index (χ1v) is 12.0. The van der Waals surface area contributed by atoms with Gasteiger partial charge in [0.25, 0.3) is 0 Å². The van der Waals surface area contributed by atoms with E-state index < -0.39 is 6.10 Å². The van der Waals surface area contributed by atoms with Gasteiger partial charge in [0.15, 0.2) is 0 Å². The average molecular weight is 401 g/mol. The number of ether oxygens (including phenoxy) is 1. The summed E-state index contributed by atoms with van der Waals surface area (Å²) >= 11 is 0. The second-order valence-electron chi connectivity index (χ2n) is 8.52. The molecular formula is C24H48O4. The van der Waals surface area contributed by atoms with Crippen LogP contribution in [0.3, 0.4) is 0 Å². The summed E-state index contributed by atoms with van der Waals surface area (Å²) in [5.74, 6) is 0.636. The number of hydrogen-bond donors (Lipinski definition) is 2. The number of rotatable bonds is 21. The van der Waals surface area contributed by atoms with Crippen LogP contribution >= 0.6 is 0 Å². The van der Waals surface area contributed by atoms with Crippen molar-refractivity contribution in [2.75, 3.05) is 13.2 Å². The quantitative estimate of drug-likeness (QED) is 0.179. The predicted octanol–water partition coefficient (Wildman–Crippen LogP) is 6.17. The third-order valence-electron chi connectivity index (χ3n) is 5.67. The molecule has 0 saturated carbocycles. The first kappa shape index (κ1) is 27.4. The van der Waals surface area contributed by atoms with E-state index in [0.717, 1.165) is 18.8 Å². The molecule has 0 bridgehead atoms. The molecule has 2 N–H and O–H groups in total. The number of hydrogen-bond acceptors (Lipinski definition) is 4. The molecule has 0 aromatic rings. The summed E-state index contributed by atoms with van der Waals surface area (Å²) in [6.07, 6.45) is 20.5. The van der Waals surface area contributed by atoms with E-state index in [1.54, 1.807) is 0 Å². The van der Waals surface area contributed by atoms with Gasteiger partial charge >= 0.3 is 5.97 Å². The molecule has 2 atom stereocenters. The molecule has 0 spiro atoms. The highest BCUT2D eigenvalue weighted by molar-refractivity contribution is 5.69. The second-order valence-corrected chi connectivity index (χ2v) is 8.52. The highest BCUT2D eigenvalue weighted by Gasteiger charge is 2.07. The lowest BCUT2D eigenvalue weighted by molar-refractivity contribution is -0.147. The van der Waals surface area contributed by atoms with Gasteiger partial charge in [0, 0.05) is 6.42 Å². The molecule has 4 nitrogen and oxygen atoms in total. The molecule has 0 aliphatic heterocycles. The van der Waals surface area contributed by atoms with E-state index >= 15 is 0 Å². The zero-order chi connectivity index (χ0) is 20.9. The molecule has 0 aromatic carbocycles. The van der Waals surface area contributed by atoms with Gasteiger partial charge in [-0.15, -0.1) is 0 Å². The average Bonchev–Trinajstić information content (AvgIpc) is 2.71. The smallest absolute Gasteiger partial charge is 0.305 e. The van der Waals surface area contributed by atoms with E-state index in [0.29, 0.717) is 6.42 Å². The minimum atomic E-state index is -0.955. The second kappa shape index (κ2) is 21.1. The van der Waals surface area contributed by atoms with Crippen molar-refractivity contribution in [1.82, 2.24) is 0 Å². The summed E-state index contributed by atoms with van der Waals surface area (Å²) in [6, 6.07) is 0. The Balaban J connectivity index is 3.15. The number of aliphatic hydroxyl groups excluding tert-OH is 2. The Morgan fingerprint density at radius 1 is 0.786 bits per heavy atom. The fourth-order valence-corrected chi connectivity index (χ4v) is 3.40. The van der Waals surface area contributed by atoms with E-state index in [9.17, 15) is 4.79 Å². The lowest BCUT2D eigenvalue weighted by Crippen LogP contribution is -2.21. The molecule has 0 radical (unpaired) electrons. The van der Waals surface area contributed by atoms with Gasteiger partial charge in [-0.1, -0.05) is 110 Å². The largest absolute Gasteiger partial charge is 0.463 e. The van der Waals surface area contributed by atoms with Crippen molar-refractivity contribution in [3.63, 3.8) is 0 Å². The summed E-state index contributed by atoms with van der Waals surface area (Å²) in [7, 11) is 0. The molecule has 0 heterocycles. The maximum absolute atomic E-state index is 11.4. The first-order valence-electron chi connectivity index (χ1n) is 12.0. The van der Waals surface area contributed by atoms with E-state index in [1.165, 1.54) is 89.9 Å². The minimum Gasteiger partial charge on any atom is -0.463 e. The Bertz CT molecular complexity index is 333. The minimum absolute atomic E-state index is 0.104. The van der Waals surface area contributed by atoms with Gasteiger partial charge in [-0.05, 0) is 12.3 Å². The number of unbranched alkanes of at least 4 members (excludes halogenated alkanes) is 13. The summed E-state index contributed by atoms with van der Waals surface area (Å²) in [4.78, 5) is 11.4. The molecular weight excluding hydrogens is 352 g/mol. The SMILES string of the molecule is CC[C@@H](C)CCCCCCCCCCCCCCCCC(=O)OC[C@H](O)CO. The summed E-state index contributed by atoms with van der Waals surface area (Å²) in [5.41, 5.74) is 0. The zero-order valence-electron chi connectivity index (χ0n) is 18.8. The van der Waals surface area contributed by atoms with Crippen molar-refractivity contribution in [2.45, 2.75) is 129 Å². The van der Waals surface area contributed by atoms with Gasteiger partial charge in [-0.25, -0.2) is 0 Å². The van der Waals surface area contributed by atoms with Crippen LogP contribution in [0.25, 0.3) is 0 Å². The van der Waals surface area contributed by atoms with Crippen LogP contribution in [-0.4, -0.2) is 35.5 Å². The van der Waals surface area contributed by atoms with Crippen LogP contribution in [-0.2, 0) is 9.53 Å². The third-order valence-corrected chi connectivity index (χ3v) is 5.67. The summed E-state index contributed by atoms with van der Waals surface area (Å²) in [5, 5.41) is 17.8. The van der Waals surface area contributed by atoms with Crippen molar-refractivity contribution >= 4 is 5.97 Å². The van der Waals surface area contributed by atoms with Gasteiger partial charge in [0.05, 0.1) is 6.61 Å². The predicted molar refractivity (Wildman–Crippen MR) is 117 cm³/mol. The summed E-state index contributed by atoms with van der Waals surface area (Å²) < 4.78 is 4.88. The Labute approximate surface area is 174 Å². The highest BCUT2D eigenvalue weighted by Crippen LogP contribution is 2.16. The van der Waals surface area contributed by atoms with Gasteiger partial charge in [0.1, 0.15) is 12.7 Å². The van der Waals surface area contributed by atoms with Crippen molar-refractivity contribution in [3.05, 3.63) is 0 Å². The number of carbonyl (C=O) groups excluding carboxylic acids is 1. The molecule has 0 saturated heterocycles. The Morgan fingerprint density at radius 2 is 1.21 bits per heavy atom. The van der Waals surface area contributed by atoms with E-state index in [1.807, 2.05) is 0 Å². The third kappa shape index (κ3) is 20.1. The molecule has 0 rings (SSSR count). The molecule has 28 heavy (non-hydrogen) atoms. The van der Waals surface area contributed by atoms with Crippen LogP contribution in [0.15, 0.2) is 0 Å². The number of esters is 1. The zero-order valence-corrected chi connectivity index (χ0v) is 18.8. The highest BCUT2D eigenvalue weighted by atomic mass is 16.5. The van der Waals surface area contributed by atoms with Crippen LogP contribution in [0.5, 0.6) is 0 Å². The van der Waals surface area contributed by atoms with Crippen molar-refractivity contribution in [1.29, 1.82) is 0 Å². The molecule has 0 amide bonds. The number of carbonyl (C=O) groups is 1. The Morgan fingerprint density at radius 3 is 1.64 bits per heavy atom. The molecule has 0 unspecified atom stereocenters. The maximum atomic E-state index is 11.4. The molecule has 0 aliphatic rings. The monoisotopic (exact) mass is 400 g/mol. The summed E-state index contributed by atoms with van der Waals surface area (Å²) in [6.45, 7) is 4.18. The van der Waals surface area contributed by atoms with Crippen LogP contribution < -0.4 is 0 Å². The van der Waals surface area contributed by atoms with Crippen LogP contribution in [0, 0.1) is 5.92 Å². The number of aliphatic hydroxyl groups is 2. The molecule has 4 heteroatoms. The standard InChI is InChI=1S/C24H48O4/c1-3-22(2)18-16-14-12-10-8-6-4-5-7-9-11-13-15-17-19-24(27)28-21-23(26)20-25/h22-23,25-26H,3-21H2,1-2H3/t22-,23-/m1/s1. The molecule has 168 valence electrons.